The molecule has 5 nitrogen and oxygen atoms in total. The van der Waals surface area contributed by atoms with Crippen molar-refractivity contribution in [2.75, 3.05) is 6.61 Å². The Bertz CT molecular complexity index is 579. The molecular weight excluding hydrogens is 306 g/mol. The minimum absolute atomic E-state index is 0.182. The molecule has 5 heteroatoms. The summed E-state index contributed by atoms with van der Waals surface area (Å²) >= 11 is 0. The van der Waals surface area contributed by atoms with Gasteiger partial charge in [0, 0.05) is 13.0 Å². The van der Waals surface area contributed by atoms with Gasteiger partial charge in [0.15, 0.2) is 0 Å². The van der Waals surface area contributed by atoms with Crippen molar-refractivity contribution in [3.63, 3.8) is 0 Å². The summed E-state index contributed by atoms with van der Waals surface area (Å²) in [5, 5.41) is 11.9. The maximum atomic E-state index is 12.3. The van der Waals surface area contributed by atoms with Crippen molar-refractivity contribution in [3.8, 4) is 0 Å². The number of aliphatic carboxylic acids is 1. The summed E-state index contributed by atoms with van der Waals surface area (Å²) in [5.74, 6) is -1.33. The average molecular weight is 335 g/mol. The first kappa shape index (κ1) is 20.2. The summed E-state index contributed by atoms with van der Waals surface area (Å²) in [6, 6.07) is 3.12. The van der Waals surface area contributed by atoms with E-state index in [9.17, 15) is 14.7 Å². The van der Waals surface area contributed by atoms with Crippen LogP contribution < -0.4 is 5.32 Å². The number of benzene rings is 1. The highest BCUT2D eigenvalue weighted by Gasteiger charge is 2.22. The molecule has 0 aliphatic carbocycles. The first-order chi connectivity index (χ1) is 11.0. The van der Waals surface area contributed by atoms with Gasteiger partial charge < -0.3 is 15.2 Å². The molecule has 1 rings (SSSR count). The van der Waals surface area contributed by atoms with Crippen LogP contribution >= 0.6 is 0 Å². The van der Waals surface area contributed by atoms with Crippen molar-refractivity contribution in [2.24, 2.45) is 0 Å². The minimum atomic E-state index is -1.04. The standard InChI is InChI=1S/C19H29NO4/c1-12-9-13(2)15(14(3)10-12)11-17(21)20-16(18(22)23)7-8-24-19(4,5)6/h9-10,16H,7-8,11H2,1-6H3,(H,20,21)(H,22,23). The van der Waals surface area contributed by atoms with Crippen molar-refractivity contribution in [1.82, 2.24) is 5.32 Å². The highest BCUT2D eigenvalue weighted by atomic mass is 16.5. The summed E-state index contributed by atoms with van der Waals surface area (Å²) in [4.78, 5) is 23.6. The van der Waals surface area contributed by atoms with E-state index < -0.39 is 12.0 Å². The number of hydrogen-bond acceptors (Lipinski definition) is 3. The molecule has 1 amide bonds. The fourth-order valence-electron chi connectivity index (χ4n) is 2.64. The zero-order valence-corrected chi connectivity index (χ0v) is 15.5. The van der Waals surface area contributed by atoms with Crippen molar-refractivity contribution < 1.29 is 19.4 Å². The third kappa shape index (κ3) is 6.71. The second-order valence-electron chi connectivity index (χ2n) is 7.26. The lowest BCUT2D eigenvalue weighted by molar-refractivity contribution is -0.142. The van der Waals surface area contributed by atoms with E-state index in [-0.39, 0.29) is 31.0 Å². The maximum absolute atomic E-state index is 12.3. The van der Waals surface area contributed by atoms with E-state index in [0.717, 1.165) is 22.3 Å². The predicted octanol–water partition coefficient (Wildman–Crippen LogP) is 2.93. The van der Waals surface area contributed by atoms with E-state index in [1.165, 1.54) is 0 Å². The van der Waals surface area contributed by atoms with Crippen LogP contribution in [0, 0.1) is 20.8 Å². The number of carboxylic acids is 1. The van der Waals surface area contributed by atoms with Gasteiger partial charge in [0.1, 0.15) is 6.04 Å². The van der Waals surface area contributed by atoms with Gasteiger partial charge in [-0.25, -0.2) is 4.79 Å². The number of ether oxygens (including phenoxy) is 1. The number of hydrogen-bond donors (Lipinski definition) is 2. The summed E-state index contributed by atoms with van der Waals surface area (Å²) in [6.07, 6.45) is 0.423. The molecule has 0 aliphatic rings. The van der Waals surface area contributed by atoms with Crippen LogP contribution in [0.1, 0.15) is 49.4 Å². The van der Waals surface area contributed by atoms with E-state index in [4.69, 9.17) is 4.74 Å². The quantitative estimate of drug-likeness (QED) is 0.803. The van der Waals surface area contributed by atoms with E-state index in [1.54, 1.807) is 0 Å². The molecule has 24 heavy (non-hydrogen) atoms. The summed E-state index contributed by atoms with van der Waals surface area (Å²) in [6.45, 7) is 11.9. The van der Waals surface area contributed by atoms with Gasteiger partial charge in [-0.15, -0.1) is 0 Å². The fourth-order valence-corrected chi connectivity index (χ4v) is 2.64. The van der Waals surface area contributed by atoms with Gasteiger partial charge in [-0.05, 0) is 58.2 Å². The first-order valence-corrected chi connectivity index (χ1v) is 8.22. The Morgan fingerprint density at radius 3 is 2.17 bits per heavy atom. The SMILES string of the molecule is Cc1cc(C)c(CC(=O)NC(CCOC(C)(C)C)C(=O)O)c(C)c1. The van der Waals surface area contributed by atoms with Crippen molar-refractivity contribution in [2.45, 2.75) is 66.0 Å². The minimum Gasteiger partial charge on any atom is -0.480 e. The molecule has 1 aromatic rings. The van der Waals surface area contributed by atoms with E-state index in [1.807, 2.05) is 53.7 Å². The number of amides is 1. The molecule has 0 aromatic heterocycles. The van der Waals surface area contributed by atoms with Crippen LogP contribution in [0.3, 0.4) is 0 Å². The Labute approximate surface area is 144 Å². The van der Waals surface area contributed by atoms with Crippen molar-refractivity contribution in [3.05, 3.63) is 34.4 Å². The largest absolute Gasteiger partial charge is 0.480 e. The number of carboxylic acid groups (broad SMARTS) is 1. The summed E-state index contributed by atoms with van der Waals surface area (Å²) in [7, 11) is 0. The second-order valence-corrected chi connectivity index (χ2v) is 7.26. The zero-order chi connectivity index (χ0) is 18.5. The Morgan fingerprint density at radius 1 is 1.17 bits per heavy atom. The van der Waals surface area contributed by atoms with E-state index in [0.29, 0.717) is 0 Å². The normalized spacial score (nSPS) is 12.8. The van der Waals surface area contributed by atoms with Crippen LogP contribution in [0.2, 0.25) is 0 Å². The summed E-state index contributed by atoms with van der Waals surface area (Å²) in [5.41, 5.74) is 3.87. The molecule has 0 radical (unpaired) electrons. The van der Waals surface area contributed by atoms with Crippen LogP contribution in [0.15, 0.2) is 12.1 Å². The number of carbonyl (C=O) groups is 2. The van der Waals surface area contributed by atoms with Crippen molar-refractivity contribution >= 4 is 11.9 Å². The molecule has 1 unspecified atom stereocenters. The van der Waals surface area contributed by atoms with Crippen LogP contribution in [-0.2, 0) is 20.7 Å². The average Bonchev–Trinajstić information content (AvgIpc) is 2.40. The summed E-state index contributed by atoms with van der Waals surface area (Å²) < 4.78 is 5.55. The lowest BCUT2D eigenvalue weighted by Crippen LogP contribution is -2.42. The number of carbonyl (C=O) groups excluding carboxylic acids is 1. The molecule has 0 saturated carbocycles. The zero-order valence-electron chi connectivity index (χ0n) is 15.5. The molecule has 1 aromatic carbocycles. The Balaban J connectivity index is 2.68. The second kappa shape index (κ2) is 8.29. The lowest BCUT2D eigenvalue weighted by Gasteiger charge is -2.21. The van der Waals surface area contributed by atoms with Crippen molar-refractivity contribution in [1.29, 1.82) is 0 Å². The molecule has 2 N–H and O–H groups in total. The van der Waals surface area contributed by atoms with Gasteiger partial charge in [-0.3, -0.25) is 4.79 Å². The van der Waals surface area contributed by atoms with Crippen LogP contribution in [0.4, 0.5) is 0 Å². The number of aryl methyl sites for hydroxylation is 3. The smallest absolute Gasteiger partial charge is 0.326 e. The Hall–Kier alpha value is -1.88. The lowest BCUT2D eigenvalue weighted by atomic mass is 9.97. The molecular formula is C19H29NO4. The monoisotopic (exact) mass is 335 g/mol. The number of nitrogens with one attached hydrogen (secondary N) is 1. The molecule has 0 bridgehead atoms. The Morgan fingerprint density at radius 2 is 1.71 bits per heavy atom. The predicted molar refractivity (Wildman–Crippen MR) is 94.2 cm³/mol. The number of rotatable bonds is 7. The third-order valence-electron chi connectivity index (χ3n) is 3.75. The molecule has 0 aliphatic heterocycles. The van der Waals surface area contributed by atoms with Gasteiger partial charge in [0.25, 0.3) is 0 Å². The third-order valence-corrected chi connectivity index (χ3v) is 3.75. The maximum Gasteiger partial charge on any atom is 0.326 e. The highest BCUT2D eigenvalue weighted by molar-refractivity contribution is 5.85. The molecule has 134 valence electrons. The van der Waals surface area contributed by atoms with Gasteiger partial charge in [-0.2, -0.15) is 0 Å². The first-order valence-electron chi connectivity index (χ1n) is 8.22. The van der Waals surface area contributed by atoms with Gasteiger partial charge in [-0.1, -0.05) is 17.7 Å². The molecule has 0 fully saturated rings. The molecule has 0 heterocycles. The van der Waals surface area contributed by atoms with E-state index in [2.05, 4.69) is 5.32 Å². The highest BCUT2D eigenvalue weighted by Crippen LogP contribution is 2.17. The topological polar surface area (TPSA) is 75.6 Å². The van der Waals surface area contributed by atoms with Crippen LogP contribution in [0.5, 0.6) is 0 Å². The Kier molecular flexibility index (Phi) is 6.96. The fraction of sp³-hybridized carbons (Fsp3) is 0.579. The van der Waals surface area contributed by atoms with Crippen LogP contribution in [-0.4, -0.2) is 35.2 Å². The van der Waals surface area contributed by atoms with Crippen LogP contribution in [0.25, 0.3) is 0 Å². The molecule has 0 spiro atoms. The van der Waals surface area contributed by atoms with E-state index >= 15 is 0 Å². The van der Waals surface area contributed by atoms with Gasteiger partial charge in [0.2, 0.25) is 5.91 Å². The molecule has 0 saturated heterocycles. The van der Waals surface area contributed by atoms with Gasteiger partial charge >= 0.3 is 5.97 Å². The molecule has 1 atom stereocenters. The van der Waals surface area contributed by atoms with Gasteiger partial charge in [0.05, 0.1) is 12.0 Å².